The van der Waals surface area contributed by atoms with Crippen LogP contribution in [0.15, 0.2) is 0 Å². The topological polar surface area (TPSA) is 15.3 Å². The summed E-state index contributed by atoms with van der Waals surface area (Å²) in [6.45, 7) is 14.3. The molecule has 0 aromatic heterocycles. The third-order valence-corrected chi connectivity index (χ3v) is 4.97. The third kappa shape index (κ3) is 2.68. The molecule has 1 saturated heterocycles. The standard InChI is InChI=1S/C15H30N2/c1-6-14(11(2)3)17-10-15(5,13-7-8-13)16-9-12(17)4/h11-14,16H,6-10H2,1-5H3. The summed E-state index contributed by atoms with van der Waals surface area (Å²) in [5.41, 5.74) is 0.384. The molecule has 1 saturated carbocycles. The smallest absolute Gasteiger partial charge is 0.0309 e. The second-order valence-corrected chi connectivity index (χ2v) is 6.81. The molecule has 17 heavy (non-hydrogen) atoms. The Bertz CT molecular complexity index is 260. The maximum absolute atomic E-state index is 3.81. The molecule has 1 aliphatic heterocycles. The highest BCUT2D eigenvalue weighted by Gasteiger charge is 2.46. The predicted octanol–water partition coefficient (Wildman–Crippen LogP) is 2.88. The molecule has 0 bridgehead atoms. The molecule has 2 nitrogen and oxygen atoms in total. The lowest BCUT2D eigenvalue weighted by Crippen LogP contribution is -2.65. The van der Waals surface area contributed by atoms with Gasteiger partial charge in [-0.25, -0.2) is 0 Å². The first-order valence-electron chi connectivity index (χ1n) is 7.48. The van der Waals surface area contributed by atoms with E-state index in [0.717, 1.165) is 24.4 Å². The van der Waals surface area contributed by atoms with Crippen molar-refractivity contribution in [3.63, 3.8) is 0 Å². The first-order valence-corrected chi connectivity index (χ1v) is 7.48. The Morgan fingerprint density at radius 1 is 1.35 bits per heavy atom. The Labute approximate surface area is 107 Å². The lowest BCUT2D eigenvalue weighted by Gasteiger charge is -2.49. The van der Waals surface area contributed by atoms with E-state index in [-0.39, 0.29) is 0 Å². The highest BCUT2D eigenvalue weighted by Crippen LogP contribution is 2.42. The molecular formula is C15H30N2. The van der Waals surface area contributed by atoms with Crippen LogP contribution in [0.4, 0.5) is 0 Å². The van der Waals surface area contributed by atoms with Crippen molar-refractivity contribution < 1.29 is 0 Å². The highest BCUT2D eigenvalue weighted by molar-refractivity contribution is 5.04. The zero-order valence-electron chi connectivity index (χ0n) is 12.3. The Morgan fingerprint density at radius 3 is 2.47 bits per heavy atom. The fourth-order valence-corrected chi connectivity index (χ4v) is 3.62. The zero-order valence-corrected chi connectivity index (χ0v) is 12.3. The summed E-state index contributed by atoms with van der Waals surface area (Å²) in [5, 5.41) is 3.81. The molecular weight excluding hydrogens is 208 g/mol. The number of hydrogen-bond donors (Lipinski definition) is 1. The molecule has 1 aliphatic carbocycles. The van der Waals surface area contributed by atoms with Crippen LogP contribution in [0.5, 0.6) is 0 Å². The number of piperazine rings is 1. The molecule has 3 atom stereocenters. The summed E-state index contributed by atoms with van der Waals surface area (Å²) in [7, 11) is 0. The normalized spacial score (nSPS) is 37.4. The van der Waals surface area contributed by atoms with Crippen molar-refractivity contribution in [2.75, 3.05) is 13.1 Å². The molecule has 2 heteroatoms. The van der Waals surface area contributed by atoms with Crippen LogP contribution in [0.3, 0.4) is 0 Å². The molecule has 2 fully saturated rings. The number of rotatable bonds is 4. The monoisotopic (exact) mass is 238 g/mol. The fourth-order valence-electron chi connectivity index (χ4n) is 3.62. The van der Waals surface area contributed by atoms with Gasteiger partial charge in [-0.3, -0.25) is 4.90 Å². The van der Waals surface area contributed by atoms with Crippen molar-refractivity contribution in [2.45, 2.75) is 71.5 Å². The van der Waals surface area contributed by atoms with Gasteiger partial charge in [0.1, 0.15) is 0 Å². The number of nitrogens with one attached hydrogen (secondary N) is 1. The summed E-state index contributed by atoms with van der Waals surface area (Å²) >= 11 is 0. The highest BCUT2D eigenvalue weighted by atomic mass is 15.3. The second-order valence-electron chi connectivity index (χ2n) is 6.81. The van der Waals surface area contributed by atoms with Crippen LogP contribution in [0.25, 0.3) is 0 Å². The van der Waals surface area contributed by atoms with Gasteiger partial charge in [0.05, 0.1) is 0 Å². The maximum atomic E-state index is 3.81. The minimum atomic E-state index is 0.384. The summed E-state index contributed by atoms with van der Waals surface area (Å²) in [6.07, 6.45) is 4.15. The van der Waals surface area contributed by atoms with Gasteiger partial charge in [-0.05, 0) is 44.9 Å². The van der Waals surface area contributed by atoms with E-state index >= 15 is 0 Å². The van der Waals surface area contributed by atoms with E-state index in [4.69, 9.17) is 0 Å². The SMILES string of the molecule is CCC(C(C)C)N1CC(C)(C2CC2)NCC1C. The summed E-state index contributed by atoms with van der Waals surface area (Å²) in [4.78, 5) is 2.78. The molecule has 1 N–H and O–H groups in total. The van der Waals surface area contributed by atoms with Gasteiger partial charge < -0.3 is 5.32 Å². The molecule has 3 unspecified atom stereocenters. The molecule has 0 aromatic rings. The minimum Gasteiger partial charge on any atom is -0.308 e. The first kappa shape index (κ1) is 13.4. The third-order valence-electron chi connectivity index (χ3n) is 4.97. The van der Waals surface area contributed by atoms with Gasteiger partial charge in [-0.2, -0.15) is 0 Å². The van der Waals surface area contributed by atoms with Gasteiger partial charge in [-0.1, -0.05) is 20.8 Å². The van der Waals surface area contributed by atoms with Crippen molar-refractivity contribution >= 4 is 0 Å². The van der Waals surface area contributed by atoms with E-state index in [1.807, 2.05) is 0 Å². The largest absolute Gasteiger partial charge is 0.308 e. The van der Waals surface area contributed by atoms with E-state index in [0.29, 0.717) is 11.6 Å². The molecule has 0 spiro atoms. The van der Waals surface area contributed by atoms with Gasteiger partial charge in [0.15, 0.2) is 0 Å². The van der Waals surface area contributed by atoms with Crippen molar-refractivity contribution in [3.05, 3.63) is 0 Å². The quantitative estimate of drug-likeness (QED) is 0.810. The average molecular weight is 238 g/mol. The van der Waals surface area contributed by atoms with Crippen LogP contribution >= 0.6 is 0 Å². The Kier molecular flexibility index (Phi) is 3.84. The Hall–Kier alpha value is -0.0800. The van der Waals surface area contributed by atoms with Crippen molar-refractivity contribution in [2.24, 2.45) is 11.8 Å². The van der Waals surface area contributed by atoms with Gasteiger partial charge >= 0.3 is 0 Å². The van der Waals surface area contributed by atoms with Crippen molar-refractivity contribution in [1.29, 1.82) is 0 Å². The fraction of sp³-hybridized carbons (Fsp3) is 1.00. The van der Waals surface area contributed by atoms with Gasteiger partial charge in [0, 0.05) is 30.7 Å². The van der Waals surface area contributed by atoms with Crippen LogP contribution in [-0.2, 0) is 0 Å². The van der Waals surface area contributed by atoms with Gasteiger partial charge in [-0.15, -0.1) is 0 Å². The van der Waals surface area contributed by atoms with Gasteiger partial charge in [0.2, 0.25) is 0 Å². The zero-order chi connectivity index (χ0) is 12.6. The lowest BCUT2D eigenvalue weighted by molar-refractivity contribution is 0.0270. The summed E-state index contributed by atoms with van der Waals surface area (Å²) < 4.78 is 0. The predicted molar refractivity (Wildman–Crippen MR) is 74.2 cm³/mol. The van der Waals surface area contributed by atoms with Crippen LogP contribution in [-0.4, -0.2) is 35.6 Å². The van der Waals surface area contributed by atoms with Crippen LogP contribution < -0.4 is 5.32 Å². The minimum absolute atomic E-state index is 0.384. The first-order chi connectivity index (χ1) is 7.98. The summed E-state index contributed by atoms with van der Waals surface area (Å²) in [5.74, 6) is 1.70. The average Bonchev–Trinajstić information content (AvgIpc) is 3.08. The molecule has 1 heterocycles. The van der Waals surface area contributed by atoms with E-state index in [2.05, 4.69) is 44.8 Å². The second kappa shape index (κ2) is 4.89. The van der Waals surface area contributed by atoms with E-state index in [1.54, 1.807) is 0 Å². The van der Waals surface area contributed by atoms with Crippen molar-refractivity contribution in [1.82, 2.24) is 10.2 Å². The number of hydrogen-bond acceptors (Lipinski definition) is 2. The molecule has 0 aromatic carbocycles. The molecule has 2 rings (SSSR count). The van der Waals surface area contributed by atoms with E-state index in [9.17, 15) is 0 Å². The van der Waals surface area contributed by atoms with Crippen LogP contribution in [0.2, 0.25) is 0 Å². The van der Waals surface area contributed by atoms with E-state index < -0.39 is 0 Å². The van der Waals surface area contributed by atoms with Crippen LogP contribution in [0.1, 0.15) is 53.9 Å². The Morgan fingerprint density at radius 2 is 2.00 bits per heavy atom. The van der Waals surface area contributed by atoms with Gasteiger partial charge in [0.25, 0.3) is 0 Å². The van der Waals surface area contributed by atoms with E-state index in [1.165, 1.54) is 25.8 Å². The maximum Gasteiger partial charge on any atom is 0.0309 e. The number of nitrogens with zero attached hydrogens (tertiary/aromatic N) is 1. The summed E-state index contributed by atoms with van der Waals surface area (Å²) in [6, 6.07) is 1.44. The molecule has 2 aliphatic rings. The van der Waals surface area contributed by atoms with Crippen LogP contribution in [0, 0.1) is 11.8 Å². The molecule has 100 valence electrons. The molecule has 0 amide bonds. The molecule has 0 radical (unpaired) electrons. The lowest BCUT2D eigenvalue weighted by atomic mass is 9.88. The van der Waals surface area contributed by atoms with Crippen molar-refractivity contribution in [3.8, 4) is 0 Å². The Balaban J connectivity index is 2.08.